The van der Waals surface area contributed by atoms with Crippen LogP contribution in [-0.2, 0) is 16.6 Å². The van der Waals surface area contributed by atoms with E-state index in [1.54, 1.807) is 24.2 Å². The second kappa shape index (κ2) is 8.43. The van der Waals surface area contributed by atoms with Gasteiger partial charge in [-0.3, -0.25) is 14.4 Å². The molecule has 0 saturated carbocycles. The summed E-state index contributed by atoms with van der Waals surface area (Å²) in [5.74, 6) is -0.191. The van der Waals surface area contributed by atoms with Gasteiger partial charge in [-0.1, -0.05) is 0 Å². The average Bonchev–Trinajstić information content (AvgIpc) is 2.63. The number of aryl methyl sites for hydroxylation is 1. The van der Waals surface area contributed by atoms with Crippen molar-refractivity contribution < 1.29 is 29.6 Å². The summed E-state index contributed by atoms with van der Waals surface area (Å²) in [6.07, 6.45) is 1.26. The Morgan fingerprint density at radius 2 is 1.96 bits per heavy atom. The molecule has 1 spiro atoms. The normalized spacial score (nSPS) is 24.5. The molecule has 0 aromatic carbocycles. The van der Waals surface area contributed by atoms with E-state index in [1.165, 1.54) is 10.6 Å². The number of hydrogen-bond donors (Lipinski definition) is 3. The third kappa shape index (κ3) is 4.12. The Balaban J connectivity index is 0.000000758. The molecular formula is C17H24N2O7. The third-order valence-corrected chi connectivity index (χ3v) is 4.95. The topological polar surface area (TPSA) is 129 Å². The summed E-state index contributed by atoms with van der Waals surface area (Å²) in [7, 11) is 1.63. The number of carboxylic acid groups (broad SMARTS) is 1. The molecule has 3 N–H and O–H groups in total. The maximum Gasteiger partial charge on any atom is 0.290 e. The highest BCUT2D eigenvalue weighted by Crippen LogP contribution is 2.35. The van der Waals surface area contributed by atoms with Crippen molar-refractivity contribution in [1.29, 1.82) is 0 Å². The number of likely N-dealkylation sites (tertiary alicyclic amines) is 1. The first-order valence-corrected chi connectivity index (χ1v) is 8.38. The number of rotatable bonds is 1. The fourth-order valence-electron chi connectivity index (χ4n) is 3.37. The van der Waals surface area contributed by atoms with Gasteiger partial charge in [0.1, 0.15) is 6.10 Å². The first kappa shape index (κ1) is 20.1. The number of carbonyl (C=O) groups excluding carboxylic acids is 1. The van der Waals surface area contributed by atoms with E-state index in [1.807, 2.05) is 0 Å². The number of ether oxygens (including phenoxy) is 1. The Hall–Kier alpha value is -2.23. The van der Waals surface area contributed by atoms with Crippen LogP contribution in [-0.4, -0.2) is 74.7 Å². The van der Waals surface area contributed by atoms with Gasteiger partial charge in [-0.15, -0.1) is 0 Å². The molecular weight excluding hydrogens is 344 g/mol. The molecule has 2 aliphatic rings. The van der Waals surface area contributed by atoms with Crippen LogP contribution in [0.15, 0.2) is 23.1 Å². The van der Waals surface area contributed by atoms with Gasteiger partial charge in [-0.2, -0.15) is 0 Å². The number of amides is 1. The van der Waals surface area contributed by atoms with Crippen LogP contribution in [0.4, 0.5) is 0 Å². The van der Waals surface area contributed by atoms with Crippen molar-refractivity contribution in [2.75, 3.05) is 19.7 Å². The number of pyridine rings is 1. The SMILES string of the molecule is Cn1ccc(C(=O)N2CCC3(CC2)OCC[C@H](O)[C@@H]3O)cc1=O.O=CO. The molecule has 0 bridgehead atoms. The van der Waals surface area contributed by atoms with Crippen LogP contribution in [0, 0.1) is 0 Å². The average molecular weight is 368 g/mol. The lowest BCUT2D eigenvalue weighted by atomic mass is 9.80. The maximum atomic E-state index is 12.5. The van der Waals surface area contributed by atoms with E-state index in [9.17, 15) is 19.8 Å². The molecule has 2 atom stereocenters. The number of carbonyl (C=O) groups is 2. The van der Waals surface area contributed by atoms with Crippen LogP contribution in [0.1, 0.15) is 29.6 Å². The summed E-state index contributed by atoms with van der Waals surface area (Å²) < 4.78 is 7.17. The lowest BCUT2D eigenvalue weighted by Gasteiger charge is -2.48. The summed E-state index contributed by atoms with van der Waals surface area (Å²) in [6.45, 7) is 1.02. The monoisotopic (exact) mass is 368 g/mol. The summed E-state index contributed by atoms with van der Waals surface area (Å²) in [4.78, 5) is 34.2. The molecule has 26 heavy (non-hydrogen) atoms. The largest absolute Gasteiger partial charge is 0.483 e. The maximum absolute atomic E-state index is 12.5. The quantitative estimate of drug-likeness (QED) is 0.554. The molecule has 3 rings (SSSR count). The fraction of sp³-hybridized carbons (Fsp3) is 0.588. The molecule has 2 aliphatic heterocycles. The van der Waals surface area contributed by atoms with E-state index in [-0.39, 0.29) is 17.9 Å². The van der Waals surface area contributed by atoms with Gasteiger partial charge in [0.25, 0.3) is 17.9 Å². The van der Waals surface area contributed by atoms with Crippen molar-refractivity contribution in [3.63, 3.8) is 0 Å². The van der Waals surface area contributed by atoms with Crippen LogP contribution >= 0.6 is 0 Å². The summed E-state index contributed by atoms with van der Waals surface area (Å²) >= 11 is 0. The molecule has 2 saturated heterocycles. The predicted octanol–water partition coefficient (Wildman–Crippen LogP) is -0.797. The predicted molar refractivity (Wildman–Crippen MR) is 90.8 cm³/mol. The van der Waals surface area contributed by atoms with Crippen molar-refractivity contribution >= 4 is 12.4 Å². The molecule has 1 aromatic rings. The number of aliphatic hydroxyl groups is 2. The Morgan fingerprint density at radius 1 is 1.35 bits per heavy atom. The van der Waals surface area contributed by atoms with Crippen molar-refractivity contribution in [2.24, 2.45) is 7.05 Å². The third-order valence-electron chi connectivity index (χ3n) is 4.95. The molecule has 1 aromatic heterocycles. The van der Waals surface area contributed by atoms with Crippen LogP contribution in [0.2, 0.25) is 0 Å². The zero-order valence-corrected chi connectivity index (χ0v) is 14.6. The Morgan fingerprint density at radius 3 is 2.54 bits per heavy atom. The standard InChI is InChI=1S/C16H22N2O5.CH2O2/c1-17-6-2-11(10-13(17)20)15(22)18-7-4-16(5-8-18)14(21)12(19)3-9-23-16;2-1-3/h2,6,10,12,14,19,21H,3-5,7-9H2,1H3;1H,(H,2,3)/t12-,14-;/m0./s1. The number of piperidine rings is 1. The zero-order chi connectivity index (χ0) is 19.3. The molecule has 0 unspecified atom stereocenters. The highest BCUT2D eigenvalue weighted by Gasteiger charge is 2.48. The molecule has 0 radical (unpaired) electrons. The van der Waals surface area contributed by atoms with Gasteiger partial charge in [-0.25, -0.2) is 0 Å². The molecule has 2 fully saturated rings. The Bertz CT molecular complexity index is 695. The van der Waals surface area contributed by atoms with Crippen molar-refractivity contribution in [3.8, 4) is 0 Å². The molecule has 0 aliphatic carbocycles. The first-order chi connectivity index (χ1) is 12.3. The van der Waals surface area contributed by atoms with Gasteiger partial charge in [0.2, 0.25) is 0 Å². The van der Waals surface area contributed by atoms with Crippen molar-refractivity contribution in [1.82, 2.24) is 9.47 Å². The number of aromatic nitrogens is 1. The lowest BCUT2D eigenvalue weighted by Crippen LogP contribution is -2.60. The van der Waals surface area contributed by atoms with Crippen LogP contribution < -0.4 is 5.56 Å². The molecule has 9 nitrogen and oxygen atoms in total. The van der Waals surface area contributed by atoms with Crippen LogP contribution in [0.3, 0.4) is 0 Å². The summed E-state index contributed by atoms with van der Waals surface area (Å²) in [6, 6.07) is 2.96. The first-order valence-electron chi connectivity index (χ1n) is 8.38. The van der Waals surface area contributed by atoms with Crippen molar-refractivity contribution in [3.05, 3.63) is 34.2 Å². The van der Waals surface area contributed by atoms with E-state index < -0.39 is 17.8 Å². The smallest absolute Gasteiger partial charge is 0.290 e. The van der Waals surface area contributed by atoms with Gasteiger partial charge in [-0.05, 0) is 25.3 Å². The zero-order valence-electron chi connectivity index (χ0n) is 14.6. The van der Waals surface area contributed by atoms with E-state index in [4.69, 9.17) is 14.6 Å². The molecule has 144 valence electrons. The Kier molecular flexibility index (Phi) is 6.52. The molecule has 3 heterocycles. The number of nitrogens with zero attached hydrogens (tertiary/aromatic N) is 2. The Labute approximate surface area is 150 Å². The van der Waals surface area contributed by atoms with Gasteiger partial charge < -0.3 is 29.5 Å². The van der Waals surface area contributed by atoms with Gasteiger partial charge >= 0.3 is 0 Å². The molecule has 1 amide bonds. The number of hydrogen-bond acceptors (Lipinski definition) is 6. The van der Waals surface area contributed by atoms with E-state index in [0.29, 0.717) is 44.5 Å². The highest BCUT2D eigenvalue weighted by atomic mass is 16.5. The second-order valence-corrected chi connectivity index (χ2v) is 6.48. The van der Waals surface area contributed by atoms with Crippen LogP contribution in [0.25, 0.3) is 0 Å². The summed E-state index contributed by atoms with van der Waals surface area (Å²) in [5, 5.41) is 27.0. The number of aliphatic hydroxyl groups excluding tert-OH is 2. The molecule has 9 heteroatoms. The van der Waals surface area contributed by atoms with E-state index in [2.05, 4.69) is 0 Å². The minimum atomic E-state index is -0.919. The van der Waals surface area contributed by atoms with Crippen LogP contribution in [0.5, 0.6) is 0 Å². The van der Waals surface area contributed by atoms with Gasteiger partial charge in [0.15, 0.2) is 0 Å². The minimum absolute atomic E-state index is 0.191. The van der Waals surface area contributed by atoms with Gasteiger partial charge in [0.05, 0.1) is 18.3 Å². The second-order valence-electron chi connectivity index (χ2n) is 6.48. The minimum Gasteiger partial charge on any atom is -0.483 e. The highest BCUT2D eigenvalue weighted by molar-refractivity contribution is 5.94. The lowest BCUT2D eigenvalue weighted by molar-refractivity contribution is -0.212. The van der Waals surface area contributed by atoms with E-state index >= 15 is 0 Å². The summed E-state index contributed by atoms with van der Waals surface area (Å²) in [5.41, 5.74) is -0.617. The van der Waals surface area contributed by atoms with Crippen molar-refractivity contribution in [2.45, 2.75) is 37.1 Å². The van der Waals surface area contributed by atoms with E-state index in [0.717, 1.165) is 0 Å². The van der Waals surface area contributed by atoms with Gasteiger partial charge in [0, 0.05) is 38.0 Å². The fourth-order valence-corrected chi connectivity index (χ4v) is 3.37.